The van der Waals surface area contributed by atoms with Gasteiger partial charge in [0.15, 0.2) is 0 Å². The Balaban J connectivity index is 2.54. The Labute approximate surface area is 138 Å². The lowest BCUT2D eigenvalue weighted by molar-refractivity contribution is -0.384. The van der Waals surface area contributed by atoms with Crippen LogP contribution in [0.4, 0.5) is 16.2 Å². The van der Waals surface area contributed by atoms with Crippen molar-refractivity contribution in [3.05, 3.63) is 33.3 Å². The van der Waals surface area contributed by atoms with E-state index in [1.807, 2.05) is 0 Å². The summed E-state index contributed by atoms with van der Waals surface area (Å²) in [5, 5.41) is 15.6. The molecular formula is C14H18ClN3O5. The van der Waals surface area contributed by atoms with Crippen molar-refractivity contribution in [1.82, 2.24) is 5.32 Å². The molecule has 2 amide bonds. The van der Waals surface area contributed by atoms with Gasteiger partial charge in [0.25, 0.3) is 5.69 Å². The van der Waals surface area contributed by atoms with Gasteiger partial charge in [-0.3, -0.25) is 14.9 Å². The van der Waals surface area contributed by atoms with E-state index in [2.05, 4.69) is 10.6 Å². The first-order valence-corrected chi connectivity index (χ1v) is 7.27. The first-order chi connectivity index (χ1) is 10.7. The van der Waals surface area contributed by atoms with Crippen LogP contribution in [0.1, 0.15) is 20.8 Å². The number of nitro groups is 1. The summed E-state index contributed by atoms with van der Waals surface area (Å²) < 4.78 is 5.02. The van der Waals surface area contributed by atoms with Crippen molar-refractivity contribution in [2.45, 2.75) is 26.9 Å². The molecule has 0 aliphatic carbocycles. The fraction of sp³-hybridized carbons (Fsp3) is 0.429. The summed E-state index contributed by atoms with van der Waals surface area (Å²) in [5.41, 5.74) is 0.0539. The Hall–Kier alpha value is -2.35. The van der Waals surface area contributed by atoms with E-state index in [0.29, 0.717) is 0 Å². The van der Waals surface area contributed by atoms with E-state index in [-0.39, 0.29) is 29.0 Å². The maximum Gasteiger partial charge on any atom is 0.319 e. The Morgan fingerprint density at radius 1 is 1.35 bits per heavy atom. The molecule has 0 saturated heterocycles. The number of hydrogen-bond donors (Lipinski definition) is 2. The van der Waals surface area contributed by atoms with Crippen LogP contribution in [0.5, 0.6) is 0 Å². The fourth-order valence-corrected chi connectivity index (χ4v) is 1.79. The van der Waals surface area contributed by atoms with Gasteiger partial charge in [0.2, 0.25) is 0 Å². The van der Waals surface area contributed by atoms with Gasteiger partial charge in [0, 0.05) is 18.7 Å². The summed E-state index contributed by atoms with van der Waals surface area (Å²) in [4.78, 5) is 33.4. The normalized spacial score (nSPS) is 11.7. The maximum absolute atomic E-state index is 11.8. The molecule has 1 aromatic carbocycles. The van der Waals surface area contributed by atoms with Crippen LogP contribution >= 0.6 is 11.6 Å². The molecule has 0 aliphatic heterocycles. The van der Waals surface area contributed by atoms with Crippen molar-refractivity contribution in [3.8, 4) is 0 Å². The number of ether oxygens (including phenoxy) is 1. The van der Waals surface area contributed by atoms with Gasteiger partial charge in [-0.2, -0.15) is 0 Å². The number of halogens is 1. The summed E-state index contributed by atoms with van der Waals surface area (Å²) in [7, 11) is 0. The van der Waals surface area contributed by atoms with Crippen molar-refractivity contribution < 1.29 is 19.2 Å². The van der Waals surface area contributed by atoms with E-state index in [0.717, 1.165) is 6.07 Å². The summed E-state index contributed by atoms with van der Waals surface area (Å²) >= 11 is 5.87. The van der Waals surface area contributed by atoms with Crippen LogP contribution in [0.2, 0.25) is 5.02 Å². The van der Waals surface area contributed by atoms with Crippen molar-refractivity contribution in [2.24, 2.45) is 5.92 Å². The highest BCUT2D eigenvalue weighted by atomic mass is 35.5. The number of carbonyl (C=O) groups excluding carboxylic acids is 2. The molecule has 1 atom stereocenters. The number of nitrogens with one attached hydrogen (secondary N) is 2. The number of nitrogens with zero attached hydrogens (tertiary/aromatic N) is 1. The Bertz CT molecular complexity index is 606. The zero-order chi connectivity index (χ0) is 17.6. The van der Waals surface area contributed by atoms with Gasteiger partial charge in [-0.15, -0.1) is 0 Å². The molecule has 23 heavy (non-hydrogen) atoms. The Morgan fingerprint density at radius 3 is 2.52 bits per heavy atom. The summed E-state index contributed by atoms with van der Waals surface area (Å²) in [5.74, 6) is -0.913. The van der Waals surface area contributed by atoms with E-state index in [4.69, 9.17) is 16.3 Å². The average Bonchev–Trinajstić information content (AvgIpc) is 2.45. The lowest BCUT2D eigenvalue weighted by Gasteiger charge is -2.15. The molecule has 0 saturated carbocycles. The average molecular weight is 344 g/mol. The van der Waals surface area contributed by atoms with E-state index in [1.165, 1.54) is 12.1 Å². The molecule has 9 heteroatoms. The standard InChI is InChI=1S/C14H18ClN3O5/c1-8(2)23-13(19)9(3)7-16-14(20)17-12-5-4-10(18(21)22)6-11(12)15/h4-6,8-9H,7H2,1-3H3,(H2,16,17,20)/t9-/m1/s1. The van der Waals surface area contributed by atoms with E-state index in [1.54, 1.807) is 20.8 Å². The fourth-order valence-electron chi connectivity index (χ4n) is 1.56. The molecule has 0 unspecified atom stereocenters. The molecule has 0 spiro atoms. The quantitative estimate of drug-likeness (QED) is 0.468. The SMILES string of the molecule is CC(C)OC(=O)[C@H](C)CNC(=O)Nc1ccc([N+](=O)[O-])cc1Cl. The molecular weight excluding hydrogens is 326 g/mol. The molecule has 0 aromatic heterocycles. The Morgan fingerprint density at radius 2 is 2.00 bits per heavy atom. The second kappa shape index (κ2) is 8.33. The molecule has 126 valence electrons. The van der Waals surface area contributed by atoms with Crippen LogP contribution in [0.3, 0.4) is 0 Å². The second-order valence-electron chi connectivity index (χ2n) is 5.14. The van der Waals surface area contributed by atoms with Crippen LogP contribution in [-0.4, -0.2) is 29.6 Å². The van der Waals surface area contributed by atoms with E-state index < -0.39 is 22.8 Å². The van der Waals surface area contributed by atoms with Gasteiger partial charge >= 0.3 is 12.0 Å². The van der Waals surface area contributed by atoms with Crippen molar-refractivity contribution in [3.63, 3.8) is 0 Å². The number of esters is 1. The maximum atomic E-state index is 11.8. The molecule has 0 radical (unpaired) electrons. The van der Waals surface area contributed by atoms with Gasteiger partial charge in [0.05, 0.1) is 27.7 Å². The van der Waals surface area contributed by atoms with E-state index >= 15 is 0 Å². The first-order valence-electron chi connectivity index (χ1n) is 6.90. The minimum absolute atomic E-state index is 0.0432. The highest BCUT2D eigenvalue weighted by Gasteiger charge is 2.17. The minimum Gasteiger partial charge on any atom is -0.463 e. The van der Waals surface area contributed by atoms with Crippen LogP contribution < -0.4 is 10.6 Å². The minimum atomic E-state index is -0.586. The highest BCUT2D eigenvalue weighted by Crippen LogP contribution is 2.26. The smallest absolute Gasteiger partial charge is 0.319 e. The number of rotatable bonds is 6. The second-order valence-corrected chi connectivity index (χ2v) is 5.55. The topological polar surface area (TPSA) is 111 Å². The first kappa shape index (κ1) is 18.7. The molecule has 0 aliphatic rings. The zero-order valence-electron chi connectivity index (χ0n) is 13.0. The molecule has 1 rings (SSSR count). The number of benzene rings is 1. The van der Waals surface area contributed by atoms with Crippen LogP contribution in [0, 0.1) is 16.0 Å². The molecule has 1 aromatic rings. The number of urea groups is 1. The molecule has 0 bridgehead atoms. The molecule has 2 N–H and O–H groups in total. The predicted molar refractivity (Wildman–Crippen MR) is 85.5 cm³/mol. The van der Waals surface area contributed by atoms with Gasteiger partial charge in [-0.1, -0.05) is 18.5 Å². The van der Waals surface area contributed by atoms with Crippen LogP contribution in [-0.2, 0) is 9.53 Å². The number of amides is 2. The van der Waals surface area contributed by atoms with Crippen LogP contribution in [0.25, 0.3) is 0 Å². The monoisotopic (exact) mass is 343 g/mol. The zero-order valence-corrected chi connectivity index (χ0v) is 13.7. The van der Waals surface area contributed by atoms with Crippen molar-refractivity contribution >= 4 is 35.0 Å². The van der Waals surface area contributed by atoms with Gasteiger partial charge in [0.1, 0.15) is 0 Å². The lowest BCUT2D eigenvalue weighted by atomic mass is 10.2. The number of carbonyl (C=O) groups is 2. The van der Waals surface area contributed by atoms with Crippen molar-refractivity contribution in [2.75, 3.05) is 11.9 Å². The number of hydrogen-bond acceptors (Lipinski definition) is 5. The third kappa shape index (κ3) is 6.11. The Kier molecular flexibility index (Phi) is 6.77. The van der Waals surface area contributed by atoms with Gasteiger partial charge in [-0.05, 0) is 19.9 Å². The molecule has 0 fully saturated rings. The van der Waals surface area contributed by atoms with Crippen molar-refractivity contribution in [1.29, 1.82) is 0 Å². The third-order valence-corrected chi connectivity index (χ3v) is 3.05. The molecule has 0 heterocycles. The number of nitro benzene ring substituents is 1. The molecule has 8 nitrogen and oxygen atoms in total. The summed E-state index contributed by atoms with van der Waals surface area (Å²) in [6, 6.07) is 3.12. The summed E-state index contributed by atoms with van der Waals surface area (Å²) in [6.07, 6.45) is -0.224. The largest absolute Gasteiger partial charge is 0.463 e. The van der Waals surface area contributed by atoms with Gasteiger partial charge in [-0.25, -0.2) is 4.79 Å². The predicted octanol–water partition coefficient (Wildman–Crippen LogP) is 2.96. The van der Waals surface area contributed by atoms with E-state index in [9.17, 15) is 19.7 Å². The summed E-state index contributed by atoms with van der Waals surface area (Å²) in [6.45, 7) is 5.19. The van der Waals surface area contributed by atoms with Crippen LogP contribution in [0.15, 0.2) is 18.2 Å². The highest BCUT2D eigenvalue weighted by molar-refractivity contribution is 6.33. The van der Waals surface area contributed by atoms with Gasteiger partial charge < -0.3 is 15.4 Å². The lowest BCUT2D eigenvalue weighted by Crippen LogP contribution is -2.35. The third-order valence-electron chi connectivity index (χ3n) is 2.73. The number of non-ortho nitro benzene ring substituents is 1. The number of anilines is 1.